The Balaban J connectivity index is 0. The second-order valence-corrected chi connectivity index (χ2v) is 1.09. The van der Waals surface area contributed by atoms with Crippen LogP contribution in [-0.2, 0) is 23.4 Å². The molecule has 0 aromatic rings. The molecule has 7 heavy (non-hydrogen) atoms. The van der Waals surface area contributed by atoms with Crippen LogP contribution in [0.25, 0.3) is 0 Å². The zero-order valence-electron chi connectivity index (χ0n) is 4.09. The van der Waals surface area contributed by atoms with Crippen LogP contribution in [0.3, 0.4) is 0 Å². The van der Waals surface area contributed by atoms with Crippen molar-refractivity contribution in [3.63, 3.8) is 0 Å². The summed E-state index contributed by atoms with van der Waals surface area (Å²) in [4.78, 5) is 9.85. The molecule has 0 aliphatic heterocycles. The Labute approximate surface area is 54.8 Å². The quantitative estimate of drug-likeness (QED) is 0.564. The van der Waals surface area contributed by atoms with Crippen molar-refractivity contribution in [1.82, 2.24) is 0 Å². The molecule has 41 valence electrons. The van der Waals surface area contributed by atoms with E-state index in [1.54, 1.807) is 0 Å². The van der Waals surface area contributed by atoms with Gasteiger partial charge in [0.25, 0.3) is 0 Å². The third-order valence-electron chi connectivity index (χ3n) is 0.379. The van der Waals surface area contributed by atoms with Crippen LogP contribution in [0.5, 0.6) is 0 Å². The van der Waals surface area contributed by atoms with Gasteiger partial charge >= 0.3 is 0 Å². The standard InChI is InChI=1S/C4H7O2.V/c1-4(6)2-3-5;/h3,5H,2H2,1H3;/q-1;. The first-order valence-corrected chi connectivity index (χ1v) is 1.72. The molecular weight excluding hydrogens is 131 g/mol. The van der Waals surface area contributed by atoms with Crippen molar-refractivity contribution in [3.8, 4) is 0 Å². The van der Waals surface area contributed by atoms with Gasteiger partial charge in [0, 0.05) is 18.6 Å². The third-order valence-corrected chi connectivity index (χ3v) is 0.379. The Morgan fingerprint density at radius 1 is 1.86 bits per heavy atom. The number of hydrogen-bond acceptors (Lipinski definition) is 2. The Bertz CT molecular complexity index is 53.7. The summed E-state index contributed by atoms with van der Waals surface area (Å²) in [5.74, 6) is -0.0162. The molecule has 0 aromatic heterocycles. The number of rotatable bonds is 2. The van der Waals surface area contributed by atoms with E-state index in [2.05, 4.69) is 0 Å². The van der Waals surface area contributed by atoms with Gasteiger partial charge in [-0.05, 0) is 6.92 Å². The minimum Gasteiger partial charge on any atom is -0.565 e. The van der Waals surface area contributed by atoms with Crippen LogP contribution >= 0.6 is 0 Å². The van der Waals surface area contributed by atoms with Crippen molar-refractivity contribution in [3.05, 3.63) is 6.61 Å². The summed E-state index contributed by atoms with van der Waals surface area (Å²) >= 11 is 0. The van der Waals surface area contributed by atoms with Gasteiger partial charge in [0.2, 0.25) is 0 Å². The SMILES string of the molecule is CC(=O)C[CH-]O.[V]. The predicted molar refractivity (Wildman–Crippen MR) is 21.5 cm³/mol. The van der Waals surface area contributed by atoms with Gasteiger partial charge in [0.15, 0.2) is 0 Å². The Kier molecular flexibility index (Phi) is 9.10. The molecule has 0 fully saturated rings. The molecule has 0 saturated carbocycles. The molecule has 0 spiro atoms. The van der Waals surface area contributed by atoms with Crippen molar-refractivity contribution in [2.24, 2.45) is 0 Å². The molecule has 3 heteroatoms. The van der Waals surface area contributed by atoms with Gasteiger partial charge in [-0.15, -0.1) is 0 Å². The number of hydrogen-bond donors (Lipinski definition) is 1. The van der Waals surface area contributed by atoms with Gasteiger partial charge in [0.1, 0.15) is 5.78 Å². The second-order valence-electron chi connectivity index (χ2n) is 1.09. The van der Waals surface area contributed by atoms with Crippen LogP contribution in [0.1, 0.15) is 13.3 Å². The monoisotopic (exact) mass is 138 g/mol. The second kappa shape index (κ2) is 6.21. The van der Waals surface area contributed by atoms with E-state index >= 15 is 0 Å². The first-order chi connectivity index (χ1) is 2.77. The van der Waals surface area contributed by atoms with Crippen molar-refractivity contribution < 1.29 is 28.5 Å². The number of aliphatic hydroxyl groups is 1. The molecule has 0 aliphatic rings. The van der Waals surface area contributed by atoms with Crippen molar-refractivity contribution >= 4 is 5.78 Å². The van der Waals surface area contributed by atoms with Gasteiger partial charge in [-0.1, -0.05) is 6.42 Å². The Hall–Kier alpha value is 0.214. The smallest absolute Gasteiger partial charge is 0.102 e. The molecule has 0 heterocycles. The zero-order chi connectivity index (χ0) is 4.99. The van der Waals surface area contributed by atoms with Crippen molar-refractivity contribution in [1.29, 1.82) is 0 Å². The summed E-state index contributed by atoms with van der Waals surface area (Å²) in [6, 6.07) is 0. The van der Waals surface area contributed by atoms with Crippen LogP contribution < -0.4 is 0 Å². The maximum absolute atomic E-state index is 9.85. The molecule has 1 radical (unpaired) electrons. The van der Waals surface area contributed by atoms with Crippen LogP contribution in [0.4, 0.5) is 0 Å². The normalized spacial score (nSPS) is 7.14. The molecule has 0 aliphatic carbocycles. The molecule has 0 rings (SSSR count). The summed E-state index contributed by atoms with van der Waals surface area (Å²) in [7, 11) is 0. The molecule has 0 bridgehead atoms. The topological polar surface area (TPSA) is 37.3 Å². The average molecular weight is 138 g/mol. The molecule has 1 N–H and O–H groups in total. The number of ketones is 1. The molecule has 0 unspecified atom stereocenters. The summed E-state index contributed by atoms with van der Waals surface area (Å²) in [5, 5.41) is 7.89. The van der Waals surface area contributed by atoms with E-state index in [-0.39, 0.29) is 30.8 Å². The molecule has 0 aromatic carbocycles. The number of carbonyl (C=O) groups is 1. The summed E-state index contributed by atoms with van der Waals surface area (Å²) in [6.07, 6.45) is 0.167. The van der Waals surface area contributed by atoms with Gasteiger partial charge in [0.05, 0.1) is 0 Å². The fourth-order valence-corrected chi connectivity index (χ4v) is 0.129. The van der Waals surface area contributed by atoms with E-state index in [4.69, 9.17) is 5.11 Å². The zero-order valence-corrected chi connectivity index (χ0v) is 5.48. The van der Waals surface area contributed by atoms with Gasteiger partial charge < -0.3 is 9.90 Å². The largest absolute Gasteiger partial charge is 0.565 e. The summed E-state index contributed by atoms with van der Waals surface area (Å²) in [6.45, 7) is 2.27. The van der Waals surface area contributed by atoms with Gasteiger partial charge in [-0.25, -0.2) is 6.61 Å². The Morgan fingerprint density at radius 2 is 2.29 bits per heavy atom. The number of aliphatic hydroxyl groups excluding tert-OH is 1. The van der Waals surface area contributed by atoms with Crippen LogP contribution in [-0.4, -0.2) is 10.9 Å². The molecule has 0 saturated heterocycles. The first kappa shape index (κ1) is 10.2. The van der Waals surface area contributed by atoms with E-state index in [1.807, 2.05) is 0 Å². The van der Waals surface area contributed by atoms with E-state index in [9.17, 15) is 4.79 Å². The van der Waals surface area contributed by atoms with Crippen molar-refractivity contribution in [2.75, 3.05) is 0 Å². The van der Waals surface area contributed by atoms with E-state index in [1.165, 1.54) is 6.92 Å². The van der Waals surface area contributed by atoms with Crippen LogP contribution in [0.15, 0.2) is 0 Å². The van der Waals surface area contributed by atoms with E-state index in [0.717, 1.165) is 6.61 Å². The first-order valence-electron chi connectivity index (χ1n) is 1.72. The van der Waals surface area contributed by atoms with E-state index in [0.29, 0.717) is 0 Å². The van der Waals surface area contributed by atoms with Crippen LogP contribution in [0.2, 0.25) is 0 Å². The molecule has 0 atom stereocenters. The summed E-state index contributed by atoms with van der Waals surface area (Å²) < 4.78 is 0. The maximum atomic E-state index is 9.85. The maximum Gasteiger partial charge on any atom is 0.102 e. The third kappa shape index (κ3) is 10.7. The van der Waals surface area contributed by atoms with Gasteiger partial charge in [-0.2, -0.15) is 0 Å². The van der Waals surface area contributed by atoms with E-state index < -0.39 is 0 Å². The summed E-state index contributed by atoms with van der Waals surface area (Å²) in [5.41, 5.74) is 0. The molecule has 0 amide bonds. The number of carbonyl (C=O) groups excluding carboxylic acids is 1. The minimum absolute atomic E-state index is 0. The van der Waals surface area contributed by atoms with Crippen molar-refractivity contribution in [2.45, 2.75) is 13.3 Å². The molecular formula is C4H7O2V-. The number of Topliss-reactive ketones (excluding diaryl/α,β-unsaturated/α-hetero) is 1. The molecule has 2 nitrogen and oxygen atoms in total. The van der Waals surface area contributed by atoms with Gasteiger partial charge in [-0.3, -0.25) is 0 Å². The fourth-order valence-electron chi connectivity index (χ4n) is 0.129. The predicted octanol–water partition coefficient (Wildman–Crippen LogP) is 0.497. The van der Waals surface area contributed by atoms with Crippen LogP contribution in [0, 0.1) is 6.61 Å². The Morgan fingerprint density at radius 3 is 2.29 bits per heavy atom. The fraction of sp³-hybridized carbons (Fsp3) is 0.500. The average Bonchev–Trinajstić information content (AvgIpc) is 1.35. The minimum atomic E-state index is -0.0162.